The molecule has 2 aromatic carbocycles. The molecule has 3 aromatic rings. The molecule has 2 N–H and O–H groups in total. The zero-order valence-corrected chi connectivity index (χ0v) is 15.7. The molecule has 0 unspecified atom stereocenters. The molecule has 1 aromatic heterocycles. The summed E-state index contributed by atoms with van der Waals surface area (Å²) in [5, 5.41) is 12.2. The molecular formula is C19H19ClN4S. The minimum absolute atomic E-state index is 0.515. The Hall–Kier alpha value is -2.37. The van der Waals surface area contributed by atoms with Crippen LogP contribution in [0.25, 0.3) is 0 Å². The molecule has 4 nitrogen and oxygen atoms in total. The van der Waals surface area contributed by atoms with E-state index in [1.165, 1.54) is 0 Å². The van der Waals surface area contributed by atoms with Crippen LogP contribution in [-0.4, -0.2) is 14.9 Å². The molecule has 128 valence electrons. The Bertz CT molecular complexity index is 904. The Morgan fingerprint density at radius 2 is 1.88 bits per heavy atom. The Labute approximate surface area is 157 Å². The summed E-state index contributed by atoms with van der Waals surface area (Å²) >= 11 is 11.4. The number of benzene rings is 2. The van der Waals surface area contributed by atoms with Crippen LogP contribution in [0.15, 0.2) is 54.6 Å². The van der Waals surface area contributed by atoms with Crippen LogP contribution in [0.2, 0.25) is 5.02 Å². The van der Waals surface area contributed by atoms with Gasteiger partial charge in [0.25, 0.3) is 0 Å². The largest absolute Gasteiger partial charge is 0.332 e. The molecule has 0 fully saturated rings. The predicted octanol–water partition coefficient (Wildman–Crippen LogP) is 5.01. The Kier molecular flexibility index (Phi) is 5.36. The molecule has 3 rings (SSSR count). The van der Waals surface area contributed by atoms with Crippen molar-refractivity contribution in [2.24, 2.45) is 0 Å². The third kappa shape index (κ3) is 4.59. The number of halogens is 1. The van der Waals surface area contributed by atoms with E-state index in [-0.39, 0.29) is 0 Å². The molecule has 0 aliphatic heterocycles. The minimum atomic E-state index is 0.515. The van der Waals surface area contributed by atoms with Gasteiger partial charge in [0, 0.05) is 22.5 Å². The van der Waals surface area contributed by atoms with Crippen molar-refractivity contribution in [1.29, 1.82) is 0 Å². The van der Waals surface area contributed by atoms with Crippen molar-refractivity contribution < 1.29 is 0 Å². The van der Waals surface area contributed by atoms with E-state index < -0.39 is 0 Å². The standard InChI is InChI=1S/C19H19ClN4S/c1-13-6-3-4-9-17(13)21-19(25)22-18-10-14(2)24(23-18)12-15-7-5-8-16(20)11-15/h3-11H,12H2,1-2H3,(H2,21,22,23,25). The quantitative estimate of drug-likeness (QED) is 0.633. The molecule has 25 heavy (non-hydrogen) atoms. The number of aromatic nitrogens is 2. The monoisotopic (exact) mass is 370 g/mol. The molecule has 0 aliphatic carbocycles. The number of anilines is 2. The fourth-order valence-electron chi connectivity index (χ4n) is 2.52. The zero-order chi connectivity index (χ0) is 17.8. The second-order valence-corrected chi connectivity index (χ2v) is 6.70. The molecule has 1 heterocycles. The first-order chi connectivity index (χ1) is 12.0. The van der Waals surface area contributed by atoms with E-state index in [4.69, 9.17) is 23.8 Å². The van der Waals surface area contributed by atoms with Crippen molar-refractivity contribution in [2.45, 2.75) is 20.4 Å². The molecular weight excluding hydrogens is 352 g/mol. The fourth-order valence-corrected chi connectivity index (χ4v) is 2.95. The van der Waals surface area contributed by atoms with Gasteiger partial charge in [-0.25, -0.2) is 0 Å². The minimum Gasteiger partial charge on any atom is -0.332 e. The second-order valence-electron chi connectivity index (χ2n) is 5.85. The van der Waals surface area contributed by atoms with Crippen LogP contribution in [0.5, 0.6) is 0 Å². The smallest absolute Gasteiger partial charge is 0.176 e. The highest BCUT2D eigenvalue weighted by atomic mass is 35.5. The summed E-state index contributed by atoms with van der Waals surface area (Å²) in [6.45, 7) is 4.71. The van der Waals surface area contributed by atoms with Gasteiger partial charge in [-0.2, -0.15) is 5.10 Å². The average molecular weight is 371 g/mol. The highest BCUT2D eigenvalue weighted by Crippen LogP contribution is 2.16. The summed E-state index contributed by atoms with van der Waals surface area (Å²) in [6.07, 6.45) is 0. The van der Waals surface area contributed by atoms with Crippen molar-refractivity contribution in [3.05, 3.63) is 76.4 Å². The van der Waals surface area contributed by atoms with Crippen LogP contribution in [0.4, 0.5) is 11.5 Å². The van der Waals surface area contributed by atoms with Crippen LogP contribution < -0.4 is 10.6 Å². The Balaban J connectivity index is 1.68. The van der Waals surface area contributed by atoms with Gasteiger partial charge in [-0.1, -0.05) is 41.9 Å². The van der Waals surface area contributed by atoms with Gasteiger partial charge in [0.2, 0.25) is 0 Å². The maximum absolute atomic E-state index is 6.05. The Morgan fingerprint density at radius 3 is 2.64 bits per heavy atom. The topological polar surface area (TPSA) is 41.9 Å². The lowest BCUT2D eigenvalue weighted by Crippen LogP contribution is -2.20. The summed E-state index contributed by atoms with van der Waals surface area (Å²) in [6, 6.07) is 17.8. The van der Waals surface area contributed by atoms with Gasteiger partial charge >= 0.3 is 0 Å². The Morgan fingerprint density at radius 1 is 1.08 bits per heavy atom. The van der Waals surface area contributed by atoms with E-state index >= 15 is 0 Å². The van der Waals surface area contributed by atoms with Crippen LogP contribution >= 0.6 is 23.8 Å². The number of nitrogens with zero attached hydrogens (tertiary/aromatic N) is 2. The van der Waals surface area contributed by atoms with Crippen LogP contribution in [0.3, 0.4) is 0 Å². The van der Waals surface area contributed by atoms with Crippen molar-refractivity contribution in [1.82, 2.24) is 9.78 Å². The van der Waals surface area contributed by atoms with Gasteiger partial charge in [-0.3, -0.25) is 4.68 Å². The van der Waals surface area contributed by atoms with E-state index in [9.17, 15) is 0 Å². The van der Waals surface area contributed by atoms with Crippen molar-refractivity contribution >= 4 is 40.4 Å². The number of hydrogen-bond acceptors (Lipinski definition) is 2. The SMILES string of the molecule is Cc1ccccc1NC(=S)Nc1cc(C)n(Cc2cccc(Cl)c2)n1. The predicted molar refractivity (Wildman–Crippen MR) is 109 cm³/mol. The van der Waals surface area contributed by atoms with Gasteiger partial charge in [-0.15, -0.1) is 0 Å². The lowest BCUT2D eigenvalue weighted by molar-refractivity contribution is 0.668. The number of thiocarbonyl (C=S) groups is 1. The summed E-state index contributed by atoms with van der Waals surface area (Å²) in [7, 11) is 0. The van der Waals surface area contributed by atoms with Gasteiger partial charge in [0.15, 0.2) is 10.9 Å². The van der Waals surface area contributed by atoms with E-state index in [2.05, 4.69) is 15.7 Å². The summed E-state index contributed by atoms with van der Waals surface area (Å²) in [5.74, 6) is 0.714. The second kappa shape index (κ2) is 7.68. The molecule has 6 heteroatoms. The first kappa shape index (κ1) is 17.5. The molecule has 0 saturated heterocycles. The van der Waals surface area contributed by atoms with E-state index in [0.717, 1.165) is 27.5 Å². The highest BCUT2D eigenvalue weighted by Gasteiger charge is 2.08. The number of para-hydroxylation sites is 1. The van der Waals surface area contributed by atoms with Gasteiger partial charge in [0.1, 0.15) is 0 Å². The van der Waals surface area contributed by atoms with Crippen molar-refractivity contribution in [3.63, 3.8) is 0 Å². The summed E-state index contributed by atoms with van der Waals surface area (Å²) in [4.78, 5) is 0. The molecule has 0 spiro atoms. The van der Waals surface area contributed by atoms with Gasteiger partial charge in [0.05, 0.1) is 6.54 Å². The third-order valence-corrected chi connectivity index (χ3v) is 4.28. The number of nitrogens with one attached hydrogen (secondary N) is 2. The number of hydrogen-bond donors (Lipinski definition) is 2. The number of aryl methyl sites for hydroxylation is 2. The maximum atomic E-state index is 6.05. The first-order valence-corrected chi connectivity index (χ1v) is 8.72. The zero-order valence-electron chi connectivity index (χ0n) is 14.1. The van der Waals surface area contributed by atoms with Gasteiger partial charge < -0.3 is 10.6 Å². The average Bonchev–Trinajstić information content (AvgIpc) is 2.89. The fraction of sp³-hybridized carbons (Fsp3) is 0.158. The molecule has 0 saturated carbocycles. The lowest BCUT2D eigenvalue weighted by Gasteiger charge is -2.10. The van der Waals surface area contributed by atoms with Gasteiger partial charge in [-0.05, 0) is 55.4 Å². The van der Waals surface area contributed by atoms with Crippen LogP contribution in [0, 0.1) is 13.8 Å². The van der Waals surface area contributed by atoms with Crippen molar-refractivity contribution in [3.8, 4) is 0 Å². The number of rotatable bonds is 4. The molecule has 0 aliphatic rings. The van der Waals surface area contributed by atoms with Crippen LogP contribution in [0.1, 0.15) is 16.8 Å². The first-order valence-electron chi connectivity index (χ1n) is 7.94. The molecule has 0 radical (unpaired) electrons. The maximum Gasteiger partial charge on any atom is 0.176 e. The van der Waals surface area contributed by atoms with Crippen LogP contribution in [-0.2, 0) is 6.54 Å². The third-order valence-electron chi connectivity index (χ3n) is 3.84. The molecule has 0 atom stereocenters. The van der Waals surface area contributed by atoms with E-state index in [1.807, 2.05) is 73.1 Å². The summed E-state index contributed by atoms with van der Waals surface area (Å²) < 4.78 is 1.92. The normalized spacial score (nSPS) is 10.5. The van der Waals surface area contributed by atoms with Crippen molar-refractivity contribution in [2.75, 3.05) is 10.6 Å². The molecule has 0 amide bonds. The molecule has 0 bridgehead atoms. The van der Waals surface area contributed by atoms with E-state index in [1.54, 1.807) is 0 Å². The summed E-state index contributed by atoms with van der Waals surface area (Å²) in [5.41, 5.74) is 4.26. The van der Waals surface area contributed by atoms with E-state index in [0.29, 0.717) is 17.5 Å². The lowest BCUT2D eigenvalue weighted by atomic mass is 10.2. The highest BCUT2D eigenvalue weighted by molar-refractivity contribution is 7.80.